The maximum atomic E-state index is 6.06. The molecule has 0 amide bonds. The Balaban J connectivity index is 2.02. The molecule has 5 nitrogen and oxygen atoms in total. The van der Waals surface area contributed by atoms with E-state index in [1.807, 2.05) is 13.8 Å². The summed E-state index contributed by atoms with van der Waals surface area (Å²) in [6.45, 7) is 4.08. The monoisotopic (exact) mass is 293 g/mol. The summed E-state index contributed by atoms with van der Waals surface area (Å²) >= 11 is 1.56. The Bertz CT molecular complexity index is 626. The third-order valence-corrected chi connectivity index (χ3v) is 5.30. The molecule has 6 heteroatoms. The van der Waals surface area contributed by atoms with E-state index < -0.39 is 0 Å². The summed E-state index contributed by atoms with van der Waals surface area (Å²) in [5.41, 5.74) is 7.66. The number of rotatable bonds is 3. The van der Waals surface area contributed by atoms with Gasteiger partial charge in [0.05, 0.1) is 10.6 Å². The predicted octanol–water partition coefficient (Wildman–Crippen LogP) is 3.41. The van der Waals surface area contributed by atoms with Gasteiger partial charge >= 0.3 is 0 Å². The lowest BCUT2D eigenvalue weighted by molar-refractivity contribution is -0.0178. The lowest BCUT2D eigenvalue weighted by Crippen LogP contribution is -2.25. The molecule has 1 fully saturated rings. The molecule has 2 aromatic heterocycles. The molecule has 0 aliphatic heterocycles. The number of aryl methyl sites for hydroxylation is 1. The number of nitrogens with two attached hydrogens (primary N) is 1. The summed E-state index contributed by atoms with van der Waals surface area (Å²) in [6, 6.07) is 0. The molecule has 2 aromatic rings. The lowest BCUT2D eigenvalue weighted by atomic mass is 10.0. The Hall–Kier alpha value is -1.40. The minimum atomic E-state index is -0.379. The molecule has 0 saturated heterocycles. The number of methoxy groups -OCH3 is 1. The number of hydrogen-bond acceptors (Lipinski definition) is 6. The molecule has 1 saturated carbocycles. The van der Waals surface area contributed by atoms with Gasteiger partial charge in [0.15, 0.2) is 0 Å². The van der Waals surface area contributed by atoms with E-state index in [4.69, 9.17) is 15.0 Å². The van der Waals surface area contributed by atoms with Crippen LogP contribution in [-0.2, 0) is 10.3 Å². The molecule has 20 heavy (non-hydrogen) atoms. The molecule has 1 aliphatic rings. The van der Waals surface area contributed by atoms with Crippen molar-refractivity contribution in [3.8, 4) is 11.5 Å². The van der Waals surface area contributed by atoms with Crippen molar-refractivity contribution < 1.29 is 9.26 Å². The highest BCUT2D eigenvalue weighted by Crippen LogP contribution is 2.42. The summed E-state index contributed by atoms with van der Waals surface area (Å²) in [5.74, 6) is 1.15. The van der Waals surface area contributed by atoms with Crippen molar-refractivity contribution in [2.75, 3.05) is 12.8 Å². The number of anilines is 1. The van der Waals surface area contributed by atoms with Crippen molar-refractivity contribution in [3.63, 3.8) is 0 Å². The minimum absolute atomic E-state index is 0.379. The van der Waals surface area contributed by atoms with Crippen molar-refractivity contribution >= 4 is 16.3 Å². The number of ether oxygens (including phenoxy) is 1. The SMILES string of the molecule is COC1(c2noc(-c3c(N)sc(C)c3C)n2)CCCC1. The van der Waals surface area contributed by atoms with Gasteiger partial charge in [-0.2, -0.15) is 4.98 Å². The molecular weight excluding hydrogens is 274 g/mol. The number of nitrogen functional groups attached to an aromatic ring is 1. The molecule has 0 aromatic carbocycles. The second-order valence-electron chi connectivity index (χ2n) is 5.35. The van der Waals surface area contributed by atoms with Crippen LogP contribution in [0.25, 0.3) is 11.5 Å². The second-order valence-corrected chi connectivity index (χ2v) is 6.61. The zero-order chi connectivity index (χ0) is 14.3. The zero-order valence-corrected chi connectivity index (χ0v) is 12.8. The molecule has 2 heterocycles. The fourth-order valence-electron chi connectivity index (χ4n) is 2.89. The quantitative estimate of drug-likeness (QED) is 0.938. The standard InChI is InChI=1S/C14H19N3O2S/c1-8-9(2)20-11(15)10(8)12-16-13(17-19-12)14(18-3)6-4-5-7-14/h4-7,15H2,1-3H3. The van der Waals surface area contributed by atoms with Crippen LogP contribution in [0.1, 0.15) is 41.9 Å². The molecule has 108 valence electrons. The molecule has 1 aliphatic carbocycles. The first kappa shape index (κ1) is 13.6. The number of hydrogen-bond donors (Lipinski definition) is 1. The highest BCUT2D eigenvalue weighted by Gasteiger charge is 2.40. The first-order valence-electron chi connectivity index (χ1n) is 6.82. The first-order valence-corrected chi connectivity index (χ1v) is 7.64. The molecule has 2 N–H and O–H groups in total. The number of aromatic nitrogens is 2. The molecule has 0 spiro atoms. The summed E-state index contributed by atoms with van der Waals surface area (Å²) in [4.78, 5) is 5.74. The van der Waals surface area contributed by atoms with E-state index >= 15 is 0 Å². The van der Waals surface area contributed by atoms with E-state index in [1.165, 1.54) is 4.88 Å². The van der Waals surface area contributed by atoms with Crippen molar-refractivity contribution in [2.24, 2.45) is 0 Å². The third kappa shape index (κ3) is 1.94. The summed E-state index contributed by atoms with van der Waals surface area (Å²) in [5, 5.41) is 4.88. The van der Waals surface area contributed by atoms with E-state index in [0.717, 1.165) is 41.8 Å². The van der Waals surface area contributed by atoms with Crippen molar-refractivity contribution in [3.05, 3.63) is 16.3 Å². The van der Waals surface area contributed by atoms with Gasteiger partial charge < -0.3 is 15.0 Å². The number of thiophene rings is 1. The van der Waals surface area contributed by atoms with Crippen molar-refractivity contribution in [1.29, 1.82) is 0 Å². The van der Waals surface area contributed by atoms with Crippen LogP contribution in [0.2, 0.25) is 0 Å². The Morgan fingerprint density at radius 2 is 2.00 bits per heavy atom. The smallest absolute Gasteiger partial charge is 0.261 e. The van der Waals surface area contributed by atoms with Crippen LogP contribution in [0.3, 0.4) is 0 Å². The number of nitrogens with zero attached hydrogens (tertiary/aromatic N) is 2. The molecule has 0 radical (unpaired) electrons. The van der Waals surface area contributed by atoms with E-state index in [2.05, 4.69) is 10.1 Å². The Morgan fingerprint density at radius 3 is 2.55 bits per heavy atom. The third-order valence-electron chi connectivity index (χ3n) is 4.26. The Labute approximate surface area is 122 Å². The van der Waals surface area contributed by atoms with Crippen LogP contribution in [0.4, 0.5) is 5.00 Å². The first-order chi connectivity index (χ1) is 9.57. The van der Waals surface area contributed by atoms with Gasteiger partial charge in [-0.25, -0.2) is 0 Å². The van der Waals surface area contributed by atoms with Gasteiger partial charge in [0.25, 0.3) is 5.89 Å². The topological polar surface area (TPSA) is 74.2 Å². The Kier molecular flexibility index (Phi) is 3.30. The fourth-order valence-corrected chi connectivity index (χ4v) is 3.82. The molecular formula is C14H19N3O2S. The highest BCUT2D eigenvalue weighted by molar-refractivity contribution is 7.16. The maximum absolute atomic E-state index is 6.06. The average Bonchev–Trinajstić information content (AvgIpc) is 3.11. The van der Waals surface area contributed by atoms with E-state index in [0.29, 0.717) is 11.7 Å². The van der Waals surface area contributed by atoms with Gasteiger partial charge in [-0.05, 0) is 45.1 Å². The van der Waals surface area contributed by atoms with Gasteiger partial charge in [-0.15, -0.1) is 11.3 Å². The van der Waals surface area contributed by atoms with E-state index in [-0.39, 0.29) is 5.60 Å². The largest absolute Gasteiger partial charge is 0.390 e. The predicted molar refractivity (Wildman–Crippen MR) is 78.7 cm³/mol. The molecule has 0 atom stereocenters. The summed E-state index contributed by atoms with van der Waals surface area (Å²) in [6.07, 6.45) is 4.16. The minimum Gasteiger partial charge on any atom is -0.390 e. The van der Waals surface area contributed by atoms with Gasteiger partial charge in [0, 0.05) is 12.0 Å². The molecule has 3 rings (SSSR count). The van der Waals surface area contributed by atoms with E-state index in [1.54, 1.807) is 18.4 Å². The summed E-state index contributed by atoms with van der Waals surface area (Å²) < 4.78 is 11.1. The van der Waals surface area contributed by atoms with E-state index in [9.17, 15) is 0 Å². The van der Waals surface area contributed by atoms with Crippen LogP contribution in [0, 0.1) is 13.8 Å². The van der Waals surface area contributed by atoms with Crippen LogP contribution >= 0.6 is 11.3 Å². The van der Waals surface area contributed by atoms with Crippen molar-refractivity contribution in [2.45, 2.75) is 45.1 Å². The normalized spacial score (nSPS) is 17.8. The lowest BCUT2D eigenvalue weighted by Gasteiger charge is -2.22. The van der Waals surface area contributed by atoms with Crippen LogP contribution in [-0.4, -0.2) is 17.3 Å². The van der Waals surface area contributed by atoms with Crippen molar-refractivity contribution in [1.82, 2.24) is 10.1 Å². The highest BCUT2D eigenvalue weighted by atomic mass is 32.1. The van der Waals surface area contributed by atoms with Crippen LogP contribution < -0.4 is 5.73 Å². The van der Waals surface area contributed by atoms with Gasteiger partial charge in [0.1, 0.15) is 5.60 Å². The van der Waals surface area contributed by atoms with Gasteiger partial charge in [-0.3, -0.25) is 0 Å². The zero-order valence-electron chi connectivity index (χ0n) is 12.0. The van der Waals surface area contributed by atoms with Gasteiger partial charge in [0.2, 0.25) is 5.82 Å². The van der Waals surface area contributed by atoms with Crippen LogP contribution in [0.5, 0.6) is 0 Å². The fraction of sp³-hybridized carbons (Fsp3) is 0.571. The summed E-state index contributed by atoms with van der Waals surface area (Å²) in [7, 11) is 1.72. The second kappa shape index (κ2) is 4.86. The maximum Gasteiger partial charge on any atom is 0.261 e. The van der Waals surface area contributed by atoms with Gasteiger partial charge in [-0.1, -0.05) is 5.16 Å². The molecule has 0 unspecified atom stereocenters. The Morgan fingerprint density at radius 1 is 1.30 bits per heavy atom. The average molecular weight is 293 g/mol. The molecule has 0 bridgehead atoms. The van der Waals surface area contributed by atoms with Crippen LogP contribution in [0.15, 0.2) is 4.52 Å².